The molecule has 1 atom stereocenters. The Morgan fingerprint density at radius 3 is 2.45 bits per heavy atom. The number of fused-ring (bicyclic) bond motifs is 1. The van der Waals surface area contributed by atoms with Gasteiger partial charge in [-0.25, -0.2) is 18.6 Å². The van der Waals surface area contributed by atoms with E-state index in [4.69, 9.17) is 0 Å². The van der Waals surface area contributed by atoms with E-state index in [-0.39, 0.29) is 5.69 Å². The summed E-state index contributed by atoms with van der Waals surface area (Å²) in [5.74, 6) is -2.16. The van der Waals surface area contributed by atoms with Crippen molar-refractivity contribution in [1.82, 2.24) is 5.32 Å². The van der Waals surface area contributed by atoms with Gasteiger partial charge in [-0.3, -0.25) is 4.79 Å². The molecular formula is C23H18F2N4O2. The molecule has 1 aliphatic heterocycles. The van der Waals surface area contributed by atoms with Crippen LogP contribution in [-0.4, -0.2) is 30.9 Å². The van der Waals surface area contributed by atoms with Gasteiger partial charge in [-0.05, 0) is 18.2 Å². The highest BCUT2D eigenvalue weighted by Crippen LogP contribution is 2.27. The van der Waals surface area contributed by atoms with Gasteiger partial charge in [0.05, 0.1) is 17.1 Å². The van der Waals surface area contributed by atoms with Crippen molar-refractivity contribution in [3.05, 3.63) is 95.6 Å². The maximum atomic E-state index is 13.9. The highest BCUT2D eigenvalue weighted by atomic mass is 19.1. The minimum Gasteiger partial charge on any atom is -0.311 e. The van der Waals surface area contributed by atoms with Crippen LogP contribution in [0.2, 0.25) is 0 Å². The maximum absolute atomic E-state index is 13.9. The number of rotatable bonds is 3. The molecule has 3 aromatic rings. The first-order valence-corrected chi connectivity index (χ1v) is 9.47. The Bertz CT molecular complexity index is 1180. The number of carbonyl (C=O) groups is 2. The molecule has 1 heterocycles. The Labute approximate surface area is 177 Å². The topological polar surface area (TPSA) is 73.8 Å². The molecule has 6 nitrogen and oxygen atoms in total. The van der Waals surface area contributed by atoms with E-state index in [2.05, 4.69) is 15.6 Å². The van der Waals surface area contributed by atoms with Crippen LogP contribution in [0.5, 0.6) is 0 Å². The van der Waals surface area contributed by atoms with Crippen LogP contribution in [0.15, 0.2) is 77.8 Å². The molecule has 0 radical (unpaired) electrons. The number of amides is 3. The van der Waals surface area contributed by atoms with Crippen LogP contribution in [-0.2, 0) is 4.79 Å². The van der Waals surface area contributed by atoms with Gasteiger partial charge in [-0.1, -0.05) is 48.5 Å². The van der Waals surface area contributed by atoms with Gasteiger partial charge in [0.25, 0.3) is 5.91 Å². The fourth-order valence-corrected chi connectivity index (χ4v) is 3.32. The number of aliphatic imine (C=N–C) groups is 1. The first-order chi connectivity index (χ1) is 14.9. The molecule has 8 heteroatoms. The number of halogens is 2. The van der Waals surface area contributed by atoms with Gasteiger partial charge in [-0.15, -0.1) is 0 Å². The Hall–Kier alpha value is -4.07. The number of benzene rings is 3. The van der Waals surface area contributed by atoms with Crippen molar-refractivity contribution < 1.29 is 18.4 Å². The van der Waals surface area contributed by atoms with Crippen molar-refractivity contribution in [2.75, 3.05) is 17.3 Å². The average Bonchev–Trinajstić information content (AvgIpc) is 2.87. The van der Waals surface area contributed by atoms with Gasteiger partial charge in [-0.2, -0.15) is 0 Å². The van der Waals surface area contributed by atoms with Crippen LogP contribution in [0.4, 0.5) is 25.0 Å². The minimum atomic E-state index is -1.25. The SMILES string of the molecule is CN1C(=O)[C@@H](NC(=O)Nc2ccc(F)cc2F)N=C(c2ccccc2)c2ccccc21. The standard InChI is InChI=1S/C23H18F2N4O2/c1-29-19-10-6-5-9-16(19)20(14-7-3-2-4-8-14)27-21(22(29)30)28-23(31)26-18-12-11-15(24)13-17(18)25/h2-13,21H,1H3,(H2,26,28,31)/t21-/m1/s1. The van der Waals surface area contributed by atoms with Crippen molar-refractivity contribution in [3.63, 3.8) is 0 Å². The largest absolute Gasteiger partial charge is 0.321 e. The molecule has 0 spiro atoms. The van der Waals surface area contributed by atoms with Crippen LogP contribution in [0.25, 0.3) is 0 Å². The highest BCUT2D eigenvalue weighted by molar-refractivity contribution is 6.20. The zero-order chi connectivity index (χ0) is 22.0. The lowest BCUT2D eigenvalue weighted by Crippen LogP contribution is -2.47. The molecule has 0 unspecified atom stereocenters. The number of hydrogen-bond acceptors (Lipinski definition) is 3. The van der Waals surface area contributed by atoms with E-state index in [1.807, 2.05) is 48.5 Å². The minimum absolute atomic E-state index is 0.219. The number of carbonyl (C=O) groups excluding carboxylic acids is 2. The Kier molecular flexibility index (Phi) is 5.44. The van der Waals surface area contributed by atoms with E-state index >= 15 is 0 Å². The highest BCUT2D eigenvalue weighted by Gasteiger charge is 2.31. The van der Waals surface area contributed by atoms with E-state index in [9.17, 15) is 18.4 Å². The second kappa shape index (κ2) is 8.35. The second-order valence-corrected chi connectivity index (χ2v) is 6.88. The van der Waals surface area contributed by atoms with Gasteiger partial charge < -0.3 is 15.5 Å². The Morgan fingerprint density at radius 2 is 1.71 bits per heavy atom. The lowest BCUT2D eigenvalue weighted by atomic mass is 10.0. The van der Waals surface area contributed by atoms with E-state index < -0.39 is 29.7 Å². The molecule has 0 bridgehead atoms. The van der Waals surface area contributed by atoms with Crippen LogP contribution >= 0.6 is 0 Å². The lowest BCUT2D eigenvalue weighted by Gasteiger charge is -2.21. The van der Waals surface area contributed by atoms with E-state index in [1.165, 1.54) is 4.90 Å². The number of nitrogens with one attached hydrogen (secondary N) is 2. The van der Waals surface area contributed by atoms with Gasteiger partial charge in [0.15, 0.2) is 0 Å². The number of urea groups is 1. The van der Waals surface area contributed by atoms with Gasteiger partial charge in [0.1, 0.15) is 11.6 Å². The smallest absolute Gasteiger partial charge is 0.311 e. The third-order valence-electron chi connectivity index (χ3n) is 4.84. The first kappa shape index (κ1) is 20.2. The van der Waals surface area contributed by atoms with Gasteiger partial charge >= 0.3 is 6.03 Å². The van der Waals surface area contributed by atoms with E-state index in [0.29, 0.717) is 17.5 Å². The number of anilines is 2. The van der Waals surface area contributed by atoms with Gasteiger partial charge in [0, 0.05) is 24.2 Å². The summed E-state index contributed by atoms with van der Waals surface area (Å²) < 4.78 is 27.0. The van der Waals surface area contributed by atoms with Gasteiger partial charge in [0.2, 0.25) is 6.17 Å². The summed E-state index contributed by atoms with van der Waals surface area (Å²) in [4.78, 5) is 31.5. The molecule has 31 heavy (non-hydrogen) atoms. The fraction of sp³-hybridized carbons (Fsp3) is 0.0870. The maximum Gasteiger partial charge on any atom is 0.321 e. The molecule has 3 amide bonds. The summed E-state index contributed by atoms with van der Waals surface area (Å²) in [6.45, 7) is 0. The first-order valence-electron chi connectivity index (χ1n) is 9.47. The third-order valence-corrected chi connectivity index (χ3v) is 4.84. The van der Waals surface area contributed by atoms with Crippen molar-refractivity contribution >= 4 is 29.0 Å². The Balaban J connectivity index is 1.68. The summed E-state index contributed by atoms with van der Waals surface area (Å²) in [6, 6.07) is 18.5. The fourth-order valence-electron chi connectivity index (χ4n) is 3.32. The predicted octanol–water partition coefficient (Wildman–Crippen LogP) is 3.93. The monoisotopic (exact) mass is 420 g/mol. The molecule has 156 valence electrons. The quantitative estimate of drug-likeness (QED) is 0.674. The molecular weight excluding hydrogens is 402 g/mol. The summed E-state index contributed by atoms with van der Waals surface area (Å²) in [5, 5.41) is 4.76. The summed E-state index contributed by atoms with van der Waals surface area (Å²) in [5.41, 5.74) is 2.47. The van der Waals surface area contributed by atoms with Crippen LogP contribution in [0.3, 0.4) is 0 Å². The molecule has 3 aromatic carbocycles. The number of para-hydroxylation sites is 1. The number of nitrogens with zero attached hydrogens (tertiary/aromatic N) is 2. The summed E-state index contributed by atoms with van der Waals surface area (Å²) >= 11 is 0. The van der Waals surface area contributed by atoms with Crippen molar-refractivity contribution in [1.29, 1.82) is 0 Å². The molecule has 1 aliphatic rings. The molecule has 0 fully saturated rings. The van der Waals surface area contributed by atoms with Crippen molar-refractivity contribution in [3.8, 4) is 0 Å². The van der Waals surface area contributed by atoms with Crippen LogP contribution in [0, 0.1) is 11.6 Å². The molecule has 0 aliphatic carbocycles. The van der Waals surface area contributed by atoms with Crippen LogP contribution < -0.4 is 15.5 Å². The van der Waals surface area contributed by atoms with Crippen molar-refractivity contribution in [2.45, 2.75) is 6.17 Å². The zero-order valence-electron chi connectivity index (χ0n) is 16.5. The number of likely N-dealkylation sites (N-methyl/N-ethyl adjacent to an activating group) is 1. The molecule has 4 rings (SSSR count). The molecule has 0 saturated heterocycles. The summed E-state index contributed by atoms with van der Waals surface area (Å²) in [6.07, 6.45) is -1.25. The van der Waals surface area contributed by atoms with E-state index in [0.717, 1.165) is 23.3 Å². The average molecular weight is 420 g/mol. The Morgan fingerprint density at radius 1 is 1.00 bits per heavy atom. The molecule has 0 aromatic heterocycles. The number of hydrogen-bond donors (Lipinski definition) is 2. The summed E-state index contributed by atoms with van der Waals surface area (Å²) in [7, 11) is 1.59. The third kappa shape index (κ3) is 4.13. The zero-order valence-corrected chi connectivity index (χ0v) is 16.5. The van der Waals surface area contributed by atoms with Crippen LogP contribution in [0.1, 0.15) is 11.1 Å². The van der Waals surface area contributed by atoms with E-state index in [1.54, 1.807) is 13.1 Å². The predicted molar refractivity (Wildman–Crippen MR) is 114 cm³/mol. The normalized spacial score (nSPS) is 15.6. The number of benzodiazepines with no additional fused rings is 1. The van der Waals surface area contributed by atoms with Crippen molar-refractivity contribution in [2.24, 2.45) is 4.99 Å². The molecule has 2 N–H and O–H groups in total. The second-order valence-electron chi connectivity index (χ2n) is 6.88. The molecule has 0 saturated carbocycles. The lowest BCUT2D eigenvalue weighted by molar-refractivity contribution is -0.119.